The van der Waals surface area contributed by atoms with Gasteiger partial charge in [-0.2, -0.15) is 17.6 Å². The Kier molecular flexibility index (Phi) is 4.64. The van der Waals surface area contributed by atoms with Crippen LogP contribution in [0.25, 0.3) is 0 Å². The molecule has 0 saturated carbocycles. The molecular weight excluding hydrogens is 424 g/mol. The van der Waals surface area contributed by atoms with E-state index in [4.69, 9.17) is 11.6 Å². The predicted molar refractivity (Wildman–Crippen MR) is 91.1 cm³/mol. The summed E-state index contributed by atoms with van der Waals surface area (Å²) in [5, 5.41) is 1.36. The zero-order valence-corrected chi connectivity index (χ0v) is 15.2. The van der Waals surface area contributed by atoms with E-state index in [0.29, 0.717) is 12.5 Å². The third-order valence-electron chi connectivity index (χ3n) is 5.22. The normalized spacial score (nSPS) is 23.1. The number of carbonyl (C=O) groups is 1. The molecule has 4 rings (SSSR count). The van der Waals surface area contributed by atoms with Crippen molar-refractivity contribution in [3.8, 4) is 0 Å². The monoisotopic (exact) mass is 435 g/mol. The summed E-state index contributed by atoms with van der Waals surface area (Å²) in [5.41, 5.74) is -1.89. The van der Waals surface area contributed by atoms with Crippen molar-refractivity contribution < 1.29 is 31.1 Å². The Morgan fingerprint density at radius 3 is 2.66 bits per heavy atom. The van der Waals surface area contributed by atoms with Gasteiger partial charge < -0.3 is 10.2 Å². The molecule has 4 nitrogen and oxygen atoms in total. The first-order valence-electron chi connectivity index (χ1n) is 8.53. The number of amides is 2. The van der Waals surface area contributed by atoms with Gasteiger partial charge in [-0.15, -0.1) is 0 Å². The molecule has 0 radical (unpaired) electrons. The predicted octanol–water partition coefficient (Wildman–Crippen LogP) is 5.79. The number of urea groups is 1. The van der Waals surface area contributed by atoms with Gasteiger partial charge in [0, 0.05) is 11.8 Å². The van der Waals surface area contributed by atoms with E-state index in [0.717, 1.165) is 11.1 Å². The zero-order chi connectivity index (χ0) is 21.1. The first-order valence-corrected chi connectivity index (χ1v) is 8.91. The second kappa shape index (κ2) is 6.79. The molecule has 2 aliphatic rings. The number of nitrogens with one attached hydrogen (secondary N) is 1. The lowest BCUT2D eigenvalue weighted by Gasteiger charge is -2.38. The summed E-state index contributed by atoms with van der Waals surface area (Å²) in [6.45, 7) is 0. The van der Waals surface area contributed by atoms with E-state index in [1.165, 1.54) is 6.07 Å². The van der Waals surface area contributed by atoms with Gasteiger partial charge in [-0.25, -0.2) is 18.6 Å². The summed E-state index contributed by atoms with van der Waals surface area (Å²) in [7, 11) is 0. The number of carbonyl (C=O) groups excluding carboxylic acids is 1. The quantitative estimate of drug-likeness (QED) is 0.455. The Balaban J connectivity index is 1.64. The van der Waals surface area contributed by atoms with E-state index < -0.39 is 58.5 Å². The summed E-state index contributed by atoms with van der Waals surface area (Å²) >= 11 is 5.57. The van der Waals surface area contributed by atoms with Crippen molar-refractivity contribution in [1.82, 2.24) is 9.88 Å². The largest absolute Gasteiger partial charge is 0.417 e. The lowest BCUT2D eigenvalue weighted by Crippen LogP contribution is -2.45. The van der Waals surface area contributed by atoms with Crippen LogP contribution in [0.2, 0.25) is 5.02 Å². The maximum absolute atomic E-state index is 14.9. The molecule has 0 aliphatic carbocycles. The first kappa shape index (κ1) is 19.8. The summed E-state index contributed by atoms with van der Waals surface area (Å²) in [4.78, 5) is 17.3. The van der Waals surface area contributed by atoms with E-state index in [2.05, 4.69) is 10.3 Å². The molecule has 1 fully saturated rings. The fourth-order valence-electron chi connectivity index (χ4n) is 3.98. The molecule has 2 aromatic rings. The highest BCUT2D eigenvalue weighted by Gasteiger charge is 2.49. The second-order valence-electron chi connectivity index (χ2n) is 6.81. The minimum absolute atomic E-state index is 0.178. The van der Waals surface area contributed by atoms with Crippen LogP contribution >= 0.6 is 11.6 Å². The molecule has 29 heavy (non-hydrogen) atoms. The molecule has 1 aromatic carbocycles. The van der Waals surface area contributed by atoms with Crippen LogP contribution in [0, 0.1) is 11.8 Å². The number of anilines is 1. The number of halogens is 7. The minimum Gasteiger partial charge on any atom is -0.311 e. The molecule has 1 N–H and O–H groups in total. The molecule has 2 bridgehead atoms. The summed E-state index contributed by atoms with van der Waals surface area (Å²) in [6, 6.07) is -0.345. The number of benzene rings is 1. The van der Waals surface area contributed by atoms with Crippen molar-refractivity contribution in [2.75, 3.05) is 5.32 Å². The molecule has 11 heteroatoms. The number of alkyl halides is 4. The molecule has 1 saturated heterocycles. The zero-order valence-electron chi connectivity index (χ0n) is 14.4. The SMILES string of the molecule is O=C(Nc1cc(Cl)c(C(F)(F)F)cc1F)N1[C@@H]2CC[C@H]1[C@H](F)c1c2ccnc1F. The maximum Gasteiger partial charge on any atom is 0.417 e. The molecule has 3 heterocycles. The number of rotatable bonds is 1. The highest BCUT2D eigenvalue weighted by atomic mass is 35.5. The topological polar surface area (TPSA) is 45.2 Å². The fraction of sp³-hybridized carbons (Fsp3) is 0.333. The van der Waals surface area contributed by atoms with Crippen molar-refractivity contribution in [3.63, 3.8) is 0 Å². The van der Waals surface area contributed by atoms with Crippen LogP contribution in [0.3, 0.4) is 0 Å². The summed E-state index contributed by atoms with van der Waals surface area (Å²) < 4.78 is 81.5. The molecule has 0 spiro atoms. The smallest absolute Gasteiger partial charge is 0.311 e. The number of aromatic nitrogens is 1. The molecule has 2 amide bonds. The Labute approximate surface area is 165 Å². The lowest BCUT2D eigenvalue weighted by atomic mass is 9.93. The van der Waals surface area contributed by atoms with E-state index in [1.807, 2.05) is 0 Å². The van der Waals surface area contributed by atoms with Gasteiger partial charge in [-0.3, -0.25) is 0 Å². The molecule has 0 unspecified atom stereocenters. The van der Waals surface area contributed by atoms with Crippen LogP contribution < -0.4 is 5.32 Å². The number of fused-ring (bicyclic) bond motifs is 4. The van der Waals surface area contributed by atoms with Crippen molar-refractivity contribution >= 4 is 23.3 Å². The number of nitrogens with zero attached hydrogens (tertiary/aromatic N) is 2. The van der Waals surface area contributed by atoms with E-state index in [9.17, 15) is 31.1 Å². The van der Waals surface area contributed by atoms with Gasteiger partial charge in [0.15, 0.2) is 6.17 Å². The van der Waals surface area contributed by atoms with E-state index in [-0.39, 0.29) is 23.6 Å². The number of pyridine rings is 1. The minimum atomic E-state index is -4.87. The van der Waals surface area contributed by atoms with Crippen molar-refractivity contribution in [2.24, 2.45) is 0 Å². The van der Waals surface area contributed by atoms with E-state index in [1.54, 1.807) is 0 Å². The Hall–Kier alpha value is -2.49. The van der Waals surface area contributed by atoms with Crippen molar-refractivity contribution in [2.45, 2.75) is 37.3 Å². The van der Waals surface area contributed by atoms with Gasteiger partial charge in [-0.1, -0.05) is 11.6 Å². The third kappa shape index (κ3) is 3.19. The van der Waals surface area contributed by atoms with E-state index >= 15 is 0 Å². The first-order chi connectivity index (χ1) is 13.6. The third-order valence-corrected chi connectivity index (χ3v) is 5.53. The second-order valence-corrected chi connectivity index (χ2v) is 7.22. The molecule has 154 valence electrons. The van der Waals surface area contributed by atoms with Crippen LogP contribution in [-0.4, -0.2) is 22.0 Å². The van der Waals surface area contributed by atoms with Gasteiger partial charge in [0.1, 0.15) is 5.82 Å². The average Bonchev–Trinajstić information content (AvgIpc) is 3.01. The van der Waals surface area contributed by atoms with Crippen LogP contribution in [-0.2, 0) is 6.18 Å². The van der Waals surface area contributed by atoms with Crippen LogP contribution in [0.4, 0.5) is 36.8 Å². The Morgan fingerprint density at radius 1 is 1.24 bits per heavy atom. The van der Waals surface area contributed by atoms with Crippen LogP contribution in [0.15, 0.2) is 24.4 Å². The van der Waals surface area contributed by atoms with Crippen LogP contribution in [0.1, 0.15) is 41.7 Å². The van der Waals surface area contributed by atoms with Gasteiger partial charge in [0.25, 0.3) is 0 Å². The van der Waals surface area contributed by atoms with Gasteiger partial charge in [-0.05, 0) is 36.6 Å². The summed E-state index contributed by atoms with van der Waals surface area (Å²) in [6.07, 6.45) is -4.95. The van der Waals surface area contributed by atoms with Crippen molar-refractivity contribution in [3.05, 3.63) is 57.9 Å². The fourth-order valence-corrected chi connectivity index (χ4v) is 4.25. The Morgan fingerprint density at radius 2 is 1.97 bits per heavy atom. The number of hydrogen-bond donors (Lipinski definition) is 1. The molecule has 2 aliphatic heterocycles. The average molecular weight is 436 g/mol. The number of hydrogen-bond acceptors (Lipinski definition) is 2. The highest BCUT2D eigenvalue weighted by Crippen LogP contribution is 2.50. The van der Waals surface area contributed by atoms with Crippen LogP contribution in [0.5, 0.6) is 0 Å². The highest BCUT2D eigenvalue weighted by molar-refractivity contribution is 6.31. The molecule has 3 atom stereocenters. The van der Waals surface area contributed by atoms with Gasteiger partial charge in [0.05, 0.1) is 28.4 Å². The van der Waals surface area contributed by atoms with Gasteiger partial charge >= 0.3 is 12.2 Å². The summed E-state index contributed by atoms with van der Waals surface area (Å²) in [5.74, 6) is -2.29. The lowest BCUT2D eigenvalue weighted by molar-refractivity contribution is -0.137. The standard InChI is InChI=1S/C18H12ClF6N3O/c19-9-6-11(10(20)5-8(9)18(23,24)25)27-17(29)28-12-1-2-13(28)15(21)14-7(12)3-4-26-16(14)22/h3-6,12-13,15H,1-2H2,(H,27,29)/t12-,13+,15+/m1/s1. The maximum atomic E-state index is 14.9. The molecule has 1 aromatic heterocycles. The van der Waals surface area contributed by atoms with Crippen molar-refractivity contribution in [1.29, 1.82) is 0 Å². The molecular formula is C18H12ClF6N3O. The Bertz CT molecular complexity index is 998. The van der Waals surface area contributed by atoms with Gasteiger partial charge in [0.2, 0.25) is 5.95 Å².